The van der Waals surface area contributed by atoms with E-state index in [2.05, 4.69) is 15.9 Å². The standard InChI is InChI=1S/C15H20ClN3O/c1-12(10-17)19-7-5-18(6-8-19)11-13-9-14(16)3-4-15(13)20-2/h3-4,9,12H,5-8,11H2,1-2H3. The van der Waals surface area contributed by atoms with Gasteiger partial charge >= 0.3 is 0 Å². The Balaban J connectivity index is 1.96. The topological polar surface area (TPSA) is 39.5 Å². The molecule has 0 radical (unpaired) electrons. The van der Waals surface area contributed by atoms with E-state index in [1.165, 1.54) is 0 Å². The van der Waals surface area contributed by atoms with Gasteiger partial charge in [0.15, 0.2) is 0 Å². The van der Waals surface area contributed by atoms with Crippen molar-refractivity contribution < 1.29 is 4.74 Å². The van der Waals surface area contributed by atoms with Crippen molar-refractivity contribution in [1.29, 1.82) is 5.26 Å². The van der Waals surface area contributed by atoms with Crippen molar-refractivity contribution in [2.75, 3.05) is 33.3 Å². The Labute approximate surface area is 125 Å². The molecule has 20 heavy (non-hydrogen) atoms. The number of ether oxygens (including phenoxy) is 1. The van der Waals surface area contributed by atoms with Crippen LogP contribution in [0.1, 0.15) is 12.5 Å². The molecule has 0 amide bonds. The number of benzene rings is 1. The summed E-state index contributed by atoms with van der Waals surface area (Å²) in [6, 6.07) is 8.01. The van der Waals surface area contributed by atoms with Gasteiger partial charge in [-0.1, -0.05) is 11.6 Å². The van der Waals surface area contributed by atoms with Gasteiger partial charge in [0.25, 0.3) is 0 Å². The summed E-state index contributed by atoms with van der Waals surface area (Å²) < 4.78 is 5.38. The van der Waals surface area contributed by atoms with Gasteiger partial charge in [-0.3, -0.25) is 9.80 Å². The Morgan fingerprint density at radius 2 is 2.05 bits per heavy atom. The molecule has 1 aliphatic heterocycles. The minimum Gasteiger partial charge on any atom is -0.496 e. The molecule has 0 N–H and O–H groups in total. The Hall–Kier alpha value is -1.28. The number of rotatable bonds is 4. The summed E-state index contributed by atoms with van der Waals surface area (Å²) in [6.07, 6.45) is 0. The molecule has 1 aliphatic rings. The maximum atomic E-state index is 8.95. The monoisotopic (exact) mass is 293 g/mol. The van der Waals surface area contributed by atoms with Crippen LogP contribution >= 0.6 is 11.6 Å². The highest BCUT2D eigenvalue weighted by atomic mass is 35.5. The summed E-state index contributed by atoms with van der Waals surface area (Å²) in [4.78, 5) is 4.58. The second-order valence-corrected chi connectivity index (χ2v) is 5.51. The van der Waals surface area contributed by atoms with Gasteiger partial charge in [-0.2, -0.15) is 5.26 Å². The Morgan fingerprint density at radius 3 is 2.65 bits per heavy atom. The van der Waals surface area contributed by atoms with Gasteiger partial charge < -0.3 is 4.74 Å². The van der Waals surface area contributed by atoms with Crippen LogP contribution in [0.2, 0.25) is 5.02 Å². The molecular weight excluding hydrogens is 274 g/mol. The molecule has 1 saturated heterocycles. The van der Waals surface area contributed by atoms with Crippen molar-refractivity contribution in [3.05, 3.63) is 28.8 Å². The lowest BCUT2D eigenvalue weighted by Crippen LogP contribution is -2.48. The highest BCUT2D eigenvalue weighted by Crippen LogP contribution is 2.24. The largest absolute Gasteiger partial charge is 0.496 e. The Morgan fingerprint density at radius 1 is 1.35 bits per heavy atom. The molecular formula is C15H20ClN3O. The molecule has 1 aromatic carbocycles. The van der Waals surface area contributed by atoms with E-state index in [0.29, 0.717) is 0 Å². The van der Waals surface area contributed by atoms with E-state index in [9.17, 15) is 0 Å². The summed E-state index contributed by atoms with van der Waals surface area (Å²) in [6.45, 7) is 6.56. The van der Waals surface area contributed by atoms with E-state index in [1.54, 1.807) is 7.11 Å². The molecule has 0 bridgehead atoms. The zero-order chi connectivity index (χ0) is 14.5. The first-order chi connectivity index (χ1) is 9.63. The van der Waals surface area contributed by atoms with Gasteiger partial charge in [0.2, 0.25) is 0 Å². The molecule has 0 saturated carbocycles. The lowest BCUT2D eigenvalue weighted by molar-refractivity contribution is 0.114. The molecule has 5 heteroatoms. The predicted molar refractivity (Wildman–Crippen MR) is 79.9 cm³/mol. The second-order valence-electron chi connectivity index (χ2n) is 5.07. The van der Waals surface area contributed by atoms with Gasteiger partial charge in [-0.05, 0) is 25.1 Å². The molecule has 2 rings (SSSR count). The van der Waals surface area contributed by atoms with Gasteiger partial charge in [-0.15, -0.1) is 0 Å². The predicted octanol–water partition coefficient (Wildman–Crippen LogP) is 2.38. The lowest BCUT2D eigenvalue weighted by atomic mass is 10.1. The number of hydrogen-bond donors (Lipinski definition) is 0. The summed E-state index contributed by atoms with van der Waals surface area (Å²) >= 11 is 6.06. The van der Waals surface area contributed by atoms with Crippen molar-refractivity contribution in [2.24, 2.45) is 0 Å². The first-order valence-electron chi connectivity index (χ1n) is 6.82. The van der Waals surface area contributed by atoms with Gasteiger partial charge in [0.05, 0.1) is 19.2 Å². The number of methoxy groups -OCH3 is 1. The van der Waals surface area contributed by atoms with Crippen LogP contribution in [-0.2, 0) is 6.54 Å². The Kier molecular flexibility index (Phi) is 5.24. The van der Waals surface area contributed by atoms with Crippen LogP contribution in [0, 0.1) is 11.3 Å². The van der Waals surface area contributed by atoms with E-state index < -0.39 is 0 Å². The van der Waals surface area contributed by atoms with E-state index in [1.807, 2.05) is 25.1 Å². The number of nitriles is 1. The second kappa shape index (κ2) is 6.94. The highest BCUT2D eigenvalue weighted by molar-refractivity contribution is 6.30. The fourth-order valence-electron chi connectivity index (χ4n) is 2.50. The SMILES string of the molecule is COc1ccc(Cl)cc1CN1CCN(C(C)C#N)CC1. The van der Waals surface area contributed by atoms with Crippen LogP contribution in [0.3, 0.4) is 0 Å². The molecule has 0 aliphatic carbocycles. The summed E-state index contributed by atoms with van der Waals surface area (Å²) in [5.41, 5.74) is 1.11. The number of halogens is 1. The Bertz CT molecular complexity index is 492. The summed E-state index contributed by atoms with van der Waals surface area (Å²) in [7, 11) is 1.68. The molecule has 0 aromatic heterocycles. The van der Waals surface area contributed by atoms with Crippen molar-refractivity contribution in [3.8, 4) is 11.8 Å². The lowest BCUT2D eigenvalue weighted by Gasteiger charge is -2.36. The van der Waals surface area contributed by atoms with Crippen molar-refractivity contribution in [2.45, 2.75) is 19.5 Å². The average molecular weight is 294 g/mol. The highest BCUT2D eigenvalue weighted by Gasteiger charge is 2.21. The van der Waals surface area contributed by atoms with Crippen LogP contribution in [0.15, 0.2) is 18.2 Å². The maximum Gasteiger partial charge on any atom is 0.123 e. The van der Waals surface area contributed by atoms with Crippen LogP contribution < -0.4 is 4.74 Å². The minimum absolute atomic E-state index is 0.00199. The number of piperazine rings is 1. The molecule has 1 fully saturated rings. The van der Waals surface area contributed by atoms with Crippen LogP contribution in [-0.4, -0.2) is 49.1 Å². The third-order valence-electron chi connectivity index (χ3n) is 3.78. The van der Waals surface area contributed by atoms with Crippen LogP contribution in [0.25, 0.3) is 0 Å². The van der Waals surface area contributed by atoms with Gasteiger partial charge in [-0.25, -0.2) is 0 Å². The van der Waals surface area contributed by atoms with E-state index in [-0.39, 0.29) is 6.04 Å². The van der Waals surface area contributed by atoms with E-state index in [4.69, 9.17) is 21.6 Å². The quantitative estimate of drug-likeness (QED) is 0.854. The fourth-order valence-corrected chi connectivity index (χ4v) is 2.70. The number of nitrogens with zero attached hydrogens (tertiary/aromatic N) is 3. The molecule has 1 aromatic rings. The zero-order valence-corrected chi connectivity index (χ0v) is 12.7. The average Bonchev–Trinajstić information content (AvgIpc) is 2.47. The molecule has 1 atom stereocenters. The summed E-state index contributed by atoms with van der Waals surface area (Å²) in [5.74, 6) is 0.877. The molecule has 1 unspecified atom stereocenters. The first-order valence-corrected chi connectivity index (χ1v) is 7.20. The summed E-state index contributed by atoms with van der Waals surface area (Å²) in [5, 5.41) is 9.68. The minimum atomic E-state index is -0.00199. The van der Waals surface area contributed by atoms with E-state index in [0.717, 1.165) is 49.1 Å². The van der Waals surface area contributed by atoms with Crippen molar-refractivity contribution in [1.82, 2.24) is 9.80 Å². The maximum absolute atomic E-state index is 8.95. The molecule has 0 spiro atoms. The van der Waals surface area contributed by atoms with Gasteiger partial charge in [0.1, 0.15) is 5.75 Å². The van der Waals surface area contributed by atoms with Gasteiger partial charge in [0, 0.05) is 43.3 Å². The zero-order valence-electron chi connectivity index (χ0n) is 12.0. The smallest absolute Gasteiger partial charge is 0.123 e. The number of hydrogen-bond acceptors (Lipinski definition) is 4. The molecule has 1 heterocycles. The van der Waals surface area contributed by atoms with E-state index >= 15 is 0 Å². The third kappa shape index (κ3) is 3.63. The fraction of sp³-hybridized carbons (Fsp3) is 0.533. The molecule has 4 nitrogen and oxygen atoms in total. The van der Waals surface area contributed by atoms with Crippen molar-refractivity contribution >= 4 is 11.6 Å². The van der Waals surface area contributed by atoms with Crippen LogP contribution in [0.4, 0.5) is 0 Å². The normalized spacial score (nSPS) is 18.5. The van der Waals surface area contributed by atoms with Crippen molar-refractivity contribution in [3.63, 3.8) is 0 Å². The third-order valence-corrected chi connectivity index (χ3v) is 4.01. The van der Waals surface area contributed by atoms with Crippen LogP contribution in [0.5, 0.6) is 5.75 Å². The molecule has 108 valence electrons. The first kappa shape index (κ1) is 15.1.